The molecule has 2 N–H and O–H groups in total. The molecule has 27 heavy (non-hydrogen) atoms. The van der Waals surface area contributed by atoms with Crippen molar-refractivity contribution in [2.45, 2.75) is 25.8 Å². The first-order valence-corrected chi connectivity index (χ1v) is 8.53. The van der Waals surface area contributed by atoms with Crippen LogP contribution in [0.5, 0.6) is 23.0 Å². The van der Waals surface area contributed by atoms with E-state index in [1.165, 1.54) is 40.4 Å². The monoisotopic (exact) mass is 375 g/mol. The highest BCUT2D eigenvalue weighted by Gasteiger charge is 2.30. The molecule has 0 radical (unpaired) electrons. The molecule has 0 aromatic heterocycles. The third-order valence-corrected chi connectivity index (χ3v) is 4.76. The van der Waals surface area contributed by atoms with Gasteiger partial charge in [0.1, 0.15) is 0 Å². The lowest BCUT2D eigenvalue weighted by Gasteiger charge is -2.21. The normalized spacial score (nSPS) is 15.2. The summed E-state index contributed by atoms with van der Waals surface area (Å²) in [6, 6.07) is 4.08. The van der Waals surface area contributed by atoms with E-state index < -0.39 is 11.6 Å². The van der Waals surface area contributed by atoms with Crippen LogP contribution >= 0.6 is 0 Å². The van der Waals surface area contributed by atoms with Crippen molar-refractivity contribution in [3.63, 3.8) is 0 Å². The molecular formula is C20H22FNO5. The summed E-state index contributed by atoms with van der Waals surface area (Å²) in [6.45, 7) is 1.42. The van der Waals surface area contributed by atoms with Crippen molar-refractivity contribution in [3.8, 4) is 34.1 Å². The fourth-order valence-electron chi connectivity index (χ4n) is 3.63. The number of benzene rings is 2. The molecule has 2 aromatic carbocycles. The highest BCUT2D eigenvalue weighted by Crippen LogP contribution is 2.51. The van der Waals surface area contributed by atoms with Gasteiger partial charge in [0.05, 0.1) is 27.4 Å². The fraction of sp³-hybridized carbons (Fsp3) is 0.350. The van der Waals surface area contributed by atoms with Gasteiger partial charge in [-0.05, 0) is 47.7 Å². The standard InChI is InChI=1S/C20H22FNO5/c1-10(23)22-15-6-5-11-7-17(25-2)19(26-3)20(27-4)18(11)13-8-14(21)16(24)9-12(13)15/h7-9,15,24H,5-6H2,1-4H3,(H,22,23). The number of carbonyl (C=O) groups is 1. The molecular weight excluding hydrogens is 353 g/mol. The second-order valence-electron chi connectivity index (χ2n) is 6.36. The molecule has 3 rings (SSSR count). The second kappa shape index (κ2) is 7.34. The third-order valence-electron chi connectivity index (χ3n) is 4.76. The molecule has 0 saturated heterocycles. The molecule has 0 aliphatic heterocycles. The number of halogens is 1. The molecule has 0 saturated carbocycles. The molecule has 7 heteroatoms. The maximum absolute atomic E-state index is 14.3. The molecule has 0 fully saturated rings. The van der Waals surface area contributed by atoms with Crippen LogP contribution in [0.25, 0.3) is 11.1 Å². The van der Waals surface area contributed by atoms with Crippen molar-refractivity contribution >= 4 is 5.91 Å². The lowest BCUT2D eigenvalue weighted by Crippen LogP contribution is -2.26. The van der Waals surface area contributed by atoms with E-state index in [4.69, 9.17) is 14.2 Å². The van der Waals surface area contributed by atoms with E-state index in [1.807, 2.05) is 6.07 Å². The van der Waals surface area contributed by atoms with Crippen molar-refractivity contribution in [1.29, 1.82) is 0 Å². The largest absolute Gasteiger partial charge is 0.505 e. The predicted molar refractivity (Wildman–Crippen MR) is 98.0 cm³/mol. The number of amides is 1. The number of rotatable bonds is 4. The summed E-state index contributed by atoms with van der Waals surface area (Å²) in [5.41, 5.74) is 2.70. The number of carbonyl (C=O) groups excluding carboxylic acids is 1. The average molecular weight is 375 g/mol. The molecule has 0 heterocycles. The first-order valence-electron chi connectivity index (χ1n) is 8.53. The van der Waals surface area contributed by atoms with E-state index in [2.05, 4.69) is 5.32 Å². The van der Waals surface area contributed by atoms with Crippen molar-refractivity contribution in [2.24, 2.45) is 0 Å². The zero-order valence-corrected chi connectivity index (χ0v) is 15.7. The number of ether oxygens (including phenoxy) is 3. The Morgan fingerprint density at radius 1 is 1.15 bits per heavy atom. The number of aryl methyl sites for hydroxylation is 1. The zero-order chi connectivity index (χ0) is 19.7. The van der Waals surface area contributed by atoms with Gasteiger partial charge in [-0.2, -0.15) is 0 Å². The van der Waals surface area contributed by atoms with E-state index in [-0.39, 0.29) is 11.9 Å². The Balaban J connectivity index is 2.35. The average Bonchev–Trinajstić information content (AvgIpc) is 2.77. The molecule has 1 aliphatic rings. The van der Waals surface area contributed by atoms with Crippen molar-refractivity contribution in [1.82, 2.24) is 5.32 Å². The van der Waals surface area contributed by atoms with Gasteiger partial charge in [0.15, 0.2) is 23.1 Å². The summed E-state index contributed by atoms with van der Waals surface area (Å²) in [4.78, 5) is 11.7. The number of hydrogen-bond acceptors (Lipinski definition) is 5. The van der Waals surface area contributed by atoms with Gasteiger partial charge in [-0.25, -0.2) is 4.39 Å². The second-order valence-corrected chi connectivity index (χ2v) is 6.36. The first-order chi connectivity index (χ1) is 12.9. The summed E-state index contributed by atoms with van der Waals surface area (Å²) in [5.74, 6) is -0.0976. The number of hydrogen-bond donors (Lipinski definition) is 2. The SMILES string of the molecule is COc1cc2c(c(OC)c1OC)-c1cc(F)c(O)cc1C(NC(C)=O)CC2. The quantitative estimate of drug-likeness (QED) is 0.857. The minimum absolute atomic E-state index is 0.206. The van der Waals surface area contributed by atoms with Crippen LogP contribution in [-0.4, -0.2) is 32.3 Å². The van der Waals surface area contributed by atoms with Crippen molar-refractivity contribution < 1.29 is 28.5 Å². The van der Waals surface area contributed by atoms with E-state index in [0.717, 1.165) is 5.56 Å². The van der Waals surface area contributed by atoms with Crippen LogP contribution in [0.2, 0.25) is 0 Å². The first kappa shape index (κ1) is 18.8. The van der Waals surface area contributed by atoms with Crippen LogP contribution in [0, 0.1) is 5.82 Å². The molecule has 2 aromatic rings. The number of fused-ring (bicyclic) bond motifs is 3. The summed E-state index contributed by atoms with van der Waals surface area (Å²) in [5, 5.41) is 12.8. The van der Waals surface area contributed by atoms with Gasteiger partial charge in [0.2, 0.25) is 11.7 Å². The molecule has 0 spiro atoms. The van der Waals surface area contributed by atoms with Gasteiger partial charge in [0, 0.05) is 12.5 Å². The van der Waals surface area contributed by atoms with E-state index in [1.54, 1.807) is 0 Å². The molecule has 1 aliphatic carbocycles. The minimum atomic E-state index is -0.750. The Labute approximate surface area is 156 Å². The van der Waals surface area contributed by atoms with Crippen LogP contribution in [-0.2, 0) is 11.2 Å². The van der Waals surface area contributed by atoms with Gasteiger partial charge >= 0.3 is 0 Å². The zero-order valence-electron chi connectivity index (χ0n) is 15.7. The molecule has 6 nitrogen and oxygen atoms in total. The maximum Gasteiger partial charge on any atom is 0.217 e. The number of methoxy groups -OCH3 is 3. The smallest absolute Gasteiger partial charge is 0.217 e. The molecule has 144 valence electrons. The Morgan fingerprint density at radius 2 is 1.85 bits per heavy atom. The summed E-state index contributed by atoms with van der Waals surface area (Å²) >= 11 is 0. The molecule has 1 atom stereocenters. The van der Waals surface area contributed by atoms with Gasteiger partial charge in [0.25, 0.3) is 0 Å². The van der Waals surface area contributed by atoms with Crippen LogP contribution in [0.3, 0.4) is 0 Å². The highest BCUT2D eigenvalue weighted by atomic mass is 19.1. The Kier molecular flexibility index (Phi) is 5.12. The van der Waals surface area contributed by atoms with Crippen LogP contribution < -0.4 is 19.5 Å². The predicted octanol–water partition coefficient (Wildman–Crippen LogP) is 3.35. The maximum atomic E-state index is 14.3. The lowest BCUT2D eigenvalue weighted by molar-refractivity contribution is -0.119. The van der Waals surface area contributed by atoms with E-state index in [0.29, 0.717) is 46.8 Å². The van der Waals surface area contributed by atoms with Gasteiger partial charge in [-0.15, -0.1) is 0 Å². The lowest BCUT2D eigenvalue weighted by atomic mass is 9.93. The summed E-state index contributed by atoms with van der Waals surface area (Å²) < 4.78 is 30.7. The number of phenols is 1. The minimum Gasteiger partial charge on any atom is -0.505 e. The Hall–Kier alpha value is -2.96. The van der Waals surface area contributed by atoms with Crippen LogP contribution in [0.1, 0.15) is 30.5 Å². The van der Waals surface area contributed by atoms with Crippen LogP contribution in [0.15, 0.2) is 18.2 Å². The van der Waals surface area contributed by atoms with Crippen LogP contribution in [0.4, 0.5) is 4.39 Å². The molecule has 1 unspecified atom stereocenters. The van der Waals surface area contributed by atoms with Gasteiger partial charge < -0.3 is 24.6 Å². The van der Waals surface area contributed by atoms with Crippen molar-refractivity contribution in [3.05, 3.63) is 35.1 Å². The summed E-state index contributed by atoms with van der Waals surface area (Å²) in [7, 11) is 4.54. The number of aromatic hydroxyl groups is 1. The van der Waals surface area contributed by atoms with E-state index in [9.17, 15) is 14.3 Å². The van der Waals surface area contributed by atoms with E-state index >= 15 is 0 Å². The topological polar surface area (TPSA) is 77.0 Å². The fourth-order valence-corrected chi connectivity index (χ4v) is 3.63. The number of nitrogens with one attached hydrogen (secondary N) is 1. The Morgan fingerprint density at radius 3 is 2.44 bits per heavy atom. The van der Waals surface area contributed by atoms with Gasteiger partial charge in [-0.1, -0.05) is 0 Å². The third kappa shape index (κ3) is 3.25. The number of phenolic OH excluding ortho intramolecular Hbond substituents is 1. The highest BCUT2D eigenvalue weighted by molar-refractivity contribution is 5.84. The van der Waals surface area contributed by atoms with Crippen molar-refractivity contribution in [2.75, 3.05) is 21.3 Å². The van der Waals surface area contributed by atoms with Gasteiger partial charge in [-0.3, -0.25) is 4.79 Å². The molecule has 0 bridgehead atoms. The molecule has 1 amide bonds. The Bertz CT molecular complexity index is 897. The summed E-state index contributed by atoms with van der Waals surface area (Å²) in [6.07, 6.45) is 1.16.